The van der Waals surface area contributed by atoms with E-state index in [-0.39, 0.29) is 0 Å². The lowest BCUT2D eigenvalue weighted by Crippen LogP contribution is -2.05. The highest BCUT2D eigenvalue weighted by Crippen LogP contribution is 2.14. The number of halogens is 1. The molecule has 90 valence electrons. The molecule has 0 radical (unpaired) electrons. The predicted molar refractivity (Wildman–Crippen MR) is 68.4 cm³/mol. The Bertz CT molecular complexity index is 707. The third-order valence-corrected chi connectivity index (χ3v) is 2.93. The van der Waals surface area contributed by atoms with Crippen molar-refractivity contribution in [3.8, 4) is 0 Å². The summed E-state index contributed by atoms with van der Waals surface area (Å²) in [4.78, 5) is 12.7. The summed E-state index contributed by atoms with van der Waals surface area (Å²) in [7, 11) is 0. The molecule has 0 aliphatic rings. The summed E-state index contributed by atoms with van der Waals surface area (Å²) in [5.74, 6) is 0. The molecule has 0 aliphatic carbocycles. The van der Waals surface area contributed by atoms with Crippen LogP contribution < -0.4 is 0 Å². The van der Waals surface area contributed by atoms with Gasteiger partial charge >= 0.3 is 0 Å². The van der Waals surface area contributed by atoms with Gasteiger partial charge in [-0.2, -0.15) is 5.10 Å². The van der Waals surface area contributed by atoms with Gasteiger partial charge in [-0.1, -0.05) is 17.7 Å². The molecule has 18 heavy (non-hydrogen) atoms. The van der Waals surface area contributed by atoms with Crippen molar-refractivity contribution >= 4 is 22.8 Å². The molecule has 0 atom stereocenters. The molecular weight excluding hydrogens is 250 g/mol. The summed E-state index contributed by atoms with van der Waals surface area (Å²) >= 11 is 5.85. The summed E-state index contributed by atoms with van der Waals surface area (Å²) in [5, 5.41) is 4.65. The summed E-state index contributed by atoms with van der Waals surface area (Å²) in [6.07, 6.45) is 4.98. The lowest BCUT2D eigenvalue weighted by Gasteiger charge is -2.05. The van der Waals surface area contributed by atoms with Crippen LogP contribution in [0.1, 0.15) is 11.3 Å². The molecule has 0 saturated heterocycles. The average molecular weight is 260 g/mol. The zero-order chi connectivity index (χ0) is 12.5. The molecule has 0 amide bonds. The number of aromatic nitrogens is 5. The van der Waals surface area contributed by atoms with Gasteiger partial charge in [-0.15, -0.1) is 0 Å². The smallest absolute Gasteiger partial charge is 0.178 e. The van der Waals surface area contributed by atoms with Crippen molar-refractivity contribution in [3.63, 3.8) is 0 Å². The normalized spacial score (nSPS) is 11.0. The quantitative estimate of drug-likeness (QED) is 0.708. The van der Waals surface area contributed by atoms with E-state index in [4.69, 9.17) is 11.6 Å². The first kappa shape index (κ1) is 11.1. The van der Waals surface area contributed by atoms with E-state index in [0.29, 0.717) is 17.3 Å². The zero-order valence-electron chi connectivity index (χ0n) is 9.71. The van der Waals surface area contributed by atoms with Crippen LogP contribution >= 0.6 is 11.6 Å². The monoisotopic (exact) mass is 259 g/mol. The fraction of sp³-hybridized carbons (Fsp3) is 0.167. The second-order valence-corrected chi connectivity index (χ2v) is 4.34. The predicted octanol–water partition coefficient (Wildman–Crippen LogP) is 2.23. The van der Waals surface area contributed by atoms with Crippen molar-refractivity contribution in [2.45, 2.75) is 13.5 Å². The minimum Gasteiger partial charge on any atom is -0.261 e. The standard InChI is InChI=1S/C12H10ClN5/c1-8-9(3-2-4-14-8)7-18-12-10(5-16-18)15-6-11(13)17-12/h2-6H,7H2,1H3. The minimum atomic E-state index is 0.368. The number of hydrogen-bond donors (Lipinski definition) is 0. The summed E-state index contributed by atoms with van der Waals surface area (Å²) in [5.41, 5.74) is 3.51. The summed E-state index contributed by atoms with van der Waals surface area (Å²) < 4.78 is 1.78. The second-order valence-electron chi connectivity index (χ2n) is 3.95. The van der Waals surface area contributed by atoms with E-state index < -0.39 is 0 Å². The van der Waals surface area contributed by atoms with Crippen LogP contribution in [0.25, 0.3) is 11.2 Å². The third kappa shape index (κ3) is 1.93. The topological polar surface area (TPSA) is 56.5 Å². The molecule has 3 aromatic heterocycles. The Morgan fingerprint density at radius 3 is 3.00 bits per heavy atom. The number of pyridine rings is 1. The molecule has 0 bridgehead atoms. The van der Waals surface area contributed by atoms with Crippen molar-refractivity contribution in [2.75, 3.05) is 0 Å². The van der Waals surface area contributed by atoms with Gasteiger partial charge in [-0.05, 0) is 18.6 Å². The molecule has 0 unspecified atom stereocenters. The second kappa shape index (κ2) is 4.34. The van der Waals surface area contributed by atoms with Crippen molar-refractivity contribution in [3.05, 3.63) is 47.1 Å². The van der Waals surface area contributed by atoms with Gasteiger partial charge in [0.25, 0.3) is 0 Å². The highest BCUT2D eigenvalue weighted by molar-refractivity contribution is 6.29. The Morgan fingerprint density at radius 2 is 2.17 bits per heavy atom. The van der Waals surface area contributed by atoms with E-state index in [0.717, 1.165) is 16.8 Å². The van der Waals surface area contributed by atoms with Crippen LogP contribution in [0.3, 0.4) is 0 Å². The largest absolute Gasteiger partial charge is 0.261 e. The number of hydrogen-bond acceptors (Lipinski definition) is 4. The Balaban J connectivity index is 2.05. The molecule has 6 heteroatoms. The van der Waals surface area contributed by atoms with Crippen LogP contribution in [0.15, 0.2) is 30.7 Å². The van der Waals surface area contributed by atoms with E-state index in [1.165, 1.54) is 6.20 Å². The van der Waals surface area contributed by atoms with Gasteiger partial charge in [0, 0.05) is 11.9 Å². The fourth-order valence-corrected chi connectivity index (χ4v) is 1.92. The molecule has 0 aliphatic heterocycles. The highest BCUT2D eigenvalue weighted by atomic mass is 35.5. The first-order chi connectivity index (χ1) is 8.74. The Morgan fingerprint density at radius 1 is 1.28 bits per heavy atom. The Hall–Kier alpha value is -2.01. The van der Waals surface area contributed by atoms with Gasteiger partial charge in [0.05, 0.1) is 18.9 Å². The third-order valence-electron chi connectivity index (χ3n) is 2.75. The van der Waals surface area contributed by atoms with Gasteiger partial charge in [0.15, 0.2) is 5.65 Å². The fourth-order valence-electron chi connectivity index (χ4n) is 1.79. The number of aryl methyl sites for hydroxylation is 1. The van der Waals surface area contributed by atoms with E-state index in [1.807, 2.05) is 19.1 Å². The van der Waals surface area contributed by atoms with Gasteiger partial charge in [-0.3, -0.25) is 4.98 Å². The molecule has 3 heterocycles. The highest BCUT2D eigenvalue weighted by Gasteiger charge is 2.08. The summed E-state index contributed by atoms with van der Waals surface area (Å²) in [6, 6.07) is 3.93. The molecule has 3 rings (SSSR count). The molecule has 0 aromatic carbocycles. The van der Waals surface area contributed by atoms with Crippen molar-refractivity contribution in [2.24, 2.45) is 0 Å². The van der Waals surface area contributed by atoms with Gasteiger partial charge in [0.1, 0.15) is 10.7 Å². The molecule has 0 saturated carbocycles. The van der Waals surface area contributed by atoms with Gasteiger partial charge in [0.2, 0.25) is 0 Å². The Labute approximate surface area is 108 Å². The number of fused-ring (bicyclic) bond motifs is 1. The van der Waals surface area contributed by atoms with Crippen LogP contribution in [0, 0.1) is 6.92 Å². The molecule has 0 spiro atoms. The first-order valence-electron chi connectivity index (χ1n) is 5.48. The van der Waals surface area contributed by atoms with Crippen molar-refractivity contribution in [1.29, 1.82) is 0 Å². The molecule has 5 nitrogen and oxygen atoms in total. The number of rotatable bonds is 2. The van der Waals surface area contributed by atoms with Crippen LogP contribution in [-0.2, 0) is 6.54 Å². The van der Waals surface area contributed by atoms with Crippen LogP contribution in [0.5, 0.6) is 0 Å². The van der Waals surface area contributed by atoms with Crippen molar-refractivity contribution < 1.29 is 0 Å². The summed E-state index contributed by atoms with van der Waals surface area (Å²) in [6.45, 7) is 2.58. The molecule has 0 fully saturated rings. The molecular formula is C12H10ClN5. The lowest BCUT2D eigenvalue weighted by atomic mass is 10.2. The van der Waals surface area contributed by atoms with Crippen LogP contribution in [0.4, 0.5) is 0 Å². The van der Waals surface area contributed by atoms with E-state index in [1.54, 1.807) is 17.1 Å². The zero-order valence-corrected chi connectivity index (χ0v) is 10.5. The van der Waals surface area contributed by atoms with E-state index in [9.17, 15) is 0 Å². The van der Waals surface area contributed by atoms with Gasteiger partial charge < -0.3 is 0 Å². The SMILES string of the molecule is Cc1ncccc1Cn1ncc2ncc(Cl)nc21. The van der Waals surface area contributed by atoms with Gasteiger partial charge in [-0.25, -0.2) is 14.6 Å². The maximum Gasteiger partial charge on any atom is 0.178 e. The maximum absolute atomic E-state index is 5.85. The first-order valence-corrected chi connectivity index (χ1v) is 5.86. The van der Waals surface area contributed by atoms with E-state index in [2.05, 4.69) is 20.1 Å². The number of nitrogens with zero attached hydrogens (tertiary/aromatic N) is 5. The van der Waals surface area contributed by atoms with E-state index >= 15 is 0 Å². The lowest BCUT2D eigenvalue weighted by molar-refractivity contribution is 0.698. The average Bonchev–Trinajstić information content (AvgIpc) is 2.75. The minimum absolute atomic E-state index is 0.368. The Kier molecular flexibility index (Phi) is 2.68. The van der Waals surface area contributed by atoms with Crippen LogP contribution in [-0.4, -0.2) is 24.7 Å². The molecule has 0 N–H and O–H groups in total. The van der Waals surface area contributed by atoms with Crippen LogP contribution in [0.2, 0.25) is 5.15 Å². The molecule has 3 aromatic rings. The van der Waals surface area contributed by atoms with Crippen molar-refractivity contribution in [1.82, 2.24) is 24.7 Å². The maximum atomic E-state index is 5.85.